The van der Waals surface area contributed by atoms with Gasteiger partial charge >= 0.3 is 6.09 Å². The molecule has 4 aliphatic rings. The van der Waals surface area contributed by atoms with E-state index < -0.39 is 17.2 Å². The van der Waals surface area contributed by atoms with Gasteiger partial charge in [-0.15, -0.1) is 0 Å². The molecule has 240 valence electrons. The van der Waals surface area contributed by atoms with Crippen molar-refractivity contribution in [2.24, 2.45) is 10.9 Å². The average Bonchev–Trinajstić information content (AvgIpc) is 3.79. The molecule has 1 aromatic heterocycles. The second kappa shape index (κ2) is 13.5. The highest BCUT2D eigenvalue weighted by Gasteiger charge is 2.46. The Balaban J connectivity index is 0.000000246. The van der Waals surface area contributed by atoms with Crippen LogP contribution >= 0.6 is 0 Å². The number of ether oxygens (including phenoxy) is 2. The number of amides is 3. The zero-order valence-corrected chi connectivity index (χ0v) is 27.3. The van der Waals surface area contributed by atoms with E-state index in [-0.39, 0.29) is 23.6 Å². The standard InChI is InChI=1S/C22H32N4O3.C12H17NO2/c1-6-22(7-2)13-17(27)26(19(25-22)24-20(28)29-21(3,4)5)18(15-10-11-15)16-9-8-12-23-14-16;1-12(2)7-10(13-8-14)9-5-3-4-6-11(9)15-12/h8-9,12,14-15,18H,6-7,10-11,13H2,1-5H3,(H,24,25,28);3,5,8,10H,4,6-7H2,1-2H3,(H,13,14). The molecular weight excluding hydrogens is 558 g/mol. The fourth-order valence-electron chi connectivity index (χ4n) is 6.12. The summed E-state index contributed by atoms with van der Waals surface area (Å²) in [5.74, 6) is 1.66. The highest BCUT2D eigenvalue weighted by atomic mass is 16.6. The third-order valence-corrected chi connectivity index (χ3v) is 8.52. The van der Waals surface area contributed by atoms with Crippen molar-refractivity contribution in [3.05, 3.63) is 53.6 Å². The molecule has 0 spiro atoms. The normalized spacial score (nSPS) is 22.8. The van der Waals surface area contributed by atoms with Crippen molar-refractivity contribution in [3.8, 4) is 0 Å². The van der Waals surface area contributed by atoms with Crippen molar-refractivity contribution in [2.45, 2.75) is 129 Å². The van der Waals surface area contributed by atoms with Crippen molar-refractivity contribution >= 4 is 24.4 Å². The first-order valence-corrected chi connectivity index (χ1v) is 15.9. The van der Waals surface area contributed by atoms with Crippen LogP contribution in [0.15, 0.2) is 53.0 Å². The summed E-state index contributed by atoms with van der Waals surface area (Å²) in [5, 5.41) is 5.66. The number of nitrogens with one attached hydrogen (secondary N) is 2. The molecule has 5 rings (SSSR count). The molecule has 0 aromatic carbocycles. The van der Waals surface area contributed by atoms with Crippen molar-refractivity contribution in [2.75, 3.05) is 0 Å². The van der Waals surface area contributed by atoms with E-state index in [2.05, 4.69) is 41.6 Å². The quantitative estimate of drug-likeness (QED) is 0.361. The van der Waals surface area contributed by atoms with E-state index in [0.29, 0.717) is 18.3 Å². The van der Waals surface area contributed by atoms with Gasteiger partial charge in [-0.1, -0.05) is 32.1 Å². The number of guanidine groups is 1. The lowest BCUT2D eigenvalue weighted by atomic mass is 9.86. The highest BCUT2D eigenvalue weighted by molar-refractivity contribution is 6.05. The minimum atomic E-state index is -0.639. The van der Waals surface area contributed by atoms with Crippen molar-refractivity contribution in [3.63, 3.8) is 0 Å². The molecule has 0 bridgehead atoms. The Labute approximate surface area is 261 Å². The Hall–Kier alpha value is -3.69. The van der Waals surface area contributed by atoms with Crippen molar-refractivity contribution < 1.29 is 23.9 Å². The number of aliphatic imine (C=N–C) groups is 1. The predicted octanol–water partition coefficient (Wildman–Crippen LogP) is 6.11. The number of pyridine rings is 1. The van der Waals surface area contributed by atoms with Gasteiger partial charge in [0.25, 0.3) is 0 Å². The molecule has 3 amide bonds. The summed E-state index contributed by atoms with van der Waals surface area (Å²) in [6.45, 7) is 13.6. The molecule has 0 radical (unpaired) electrons. The maximum atomic E-state index is 13.4. The summed E-state index contributed by atoms with van der Waals surface area (Å²) in [4.78, 5) is 47.3. The lowest BCUT2D eigenvalue weighted by Gasteiger charge is -2.41. The first kappa shape index (κ1) is 33.2. The Morgan fingerprint density at radius 3 is 2.57 bits per heavy atom. The molecule has 2 aliphatic heterocycles. The number of allylic oxidation sites excluding steroid dienone is 2. The summed E-state index contributed by atoms with van der Waals surface area (Å²) in [6, 6.07) is 3.78. The van der Waals surface area contributed by atoms with Crippen molar-refractivity contribution in [1.29, 1.82) is 0 Å². The van der Waals surface area contributed by atoms with Crippen LogP contribution in [0.2, 0.25) is 0 Å². The SMILES string of the molecule is CC1(C)CC(NC=O)C2=C(CCC=C2)O1.CCC1(CC)CC(=O)N(C(c2cccnc2)C2CC2)C(NC(=O)OC(C)(C)C)=N1. The second-order valence-electron chi connectivity index (χ2n) is 13.7. The Bertz CT molecular complexity index is 1290. The third kappa shape index (κ3) is 8.27. The maximum absolute atomic E-state index is 13.4. The number of hydrogen-bond acceptors (Lipinski definition) is 7. The molecule has 0 saturated heterocycles. The largest absolute Gasteiger partial charge is 0.492 e. The Kier molecular flexibility index (Phi) is 10.2. The molecule has 44 heavy (non-hydrogen) atoms. The van der Waals surface area contributed by atoms with Crippen LogP contribution in [-0.4, -0.2) is 57.0 Å². The molecule has 1 aromatic rings. The van der Waals surface area contributed by atoms with Crippen LogP contribution in [0.5, 0.6) is 0 Å². The van der Waals surface area contributed by atoms with E-state index in [1.807, 2.05) is 46.8 Å². The number of aromatic nitrogens is 1. The number of nitrogens with zero attached hydrogens (tertiary/aromatic N) is 3. The van der Waals surface area contributed by atoms with Crippen LogP contribution in [0.1, 0.15) is 111 Å². The van der Waals surface area contributed by atoms with Gasteiger partial charge in [-0.05, 0) is 84.3 Å². The van der Waals surface area contributed by atoms with Crippen LogP contribution in [0.4, 0.5) is 4.79 Å². The number of carbonyl (C=O) groups excluding carboxylic acids is 3. The second-order valence-corrected chi connectivity index (χ2v) is 13.7. The lowest BCUT2D eigenvalue weighted by molar-refractivity contribution is -0.132. The first-order valence-electron chi connectivity index (χ1n) is 15.9. The average molecular weight is 608 g/mol. The van der Waals surface area contributed by atoms with Gasteiger partial charge in [0.2, 0.25) is 18.3 Å². The number of alkyl carbamates (subject to hydrolysis) is 1. The predicted molar refractivity (Wildman–Crippen MR) is 169 cm³/mol. The van der Waals surface area contributed by atoms with Gasteiger partial charge in [0, 0.05) is 30.8 Å². The molecule has 1 fully saturated rings. The highest BCUT2D eigenvalue weighted by Crippen LogP contribution is 2.46. The molecule has 2 unspecified atom stereocenters. The zero-order chi connectivity index (χ0) is 32.1. The first-order chi connectivity index (χ1) is 20.8. The molecule has 3 heterocycles. The third-order valence-electron chi connectivity index (χ3n) is 8.52. The van der Waals surface area contributed by atoms with E-state index in [0.717, 1.165) is 68.3 Å². The zero-order valence-electron chi connectivity index (χ0n) is 27.3. The Morgan fingerprint density at radius 1 is 1.25 bits per heavy atom. The molecule has 10 nitrogen and oxygen atoms in total. The van der Waals surface area contributed by atoms with E-state index in [1.165, 1.54) is 0 Å². The summed E-state index contributed by atoms with van der Waals surface area (Å²) in [5.41, 5.74) is 0.793. The van der Waals surface area contributed by atoms with Gasteiger partial charge in [-0.2, -0.15) is 0 Å². The van der Waals surface area contributed by atoms with E-state index >= 15 is 0 Å². The van der Waals surface area contributed by atoms with E-state index in [1.54, 1.807) is 17.3 Å². The molecular formula is C34H49N5O5. The minimum absolute atomic E-state index is 0.0180. The van der Waals surface area contributed by atoms with Gasteiger partial charge in [-0.25, -0.2) is 9.79 Å². The molecule has 2 aliphatic carbocycles. The van der Waals surface area contributed by atoms with Crippen molar-refractivity contribution in [1.82, 2.24) is 20.5 Å². The monoisotopic (exact) mass is 607 g/mol. The Morgan fingerprint density at radius 2 is 1.98 bits per heavy atom. The molecule has 1 saturated carbocycles. The van der Waals surface area contributed by atoms with Gasteiger partial charge < -0.3 is 14.8 Å². The van der Waals surface area contributed by atoms with Crippen LogP contribution in [0, 0.1) is 5.92 Å². The molecule has 2 N–H and O–H groups in total. The minimum Gasteiger partial charge on any atom is -0.492 e. The van der Waals surface area contributed by atoms with Gasteiger partial charge in [0.1, 0.15) is 17.0 Å². The van der Waals surface area contributed by atoms with Gasteiger partial charge in [-0.3, -0.25) is 24.8 Å². The van der Waals surface area contributed by atoms with E-state index in [9.17, 15) is 14.4 Å². The number of rotatable bonds is 7. The lowest BCUT2D eigenvalue weighted by Crippen LogP contribution is -2.56. The van der Waals surface area contributed by atoms with Crippen LogP contribution < -0.4 is 10.6 Å². The molecule has 10 heteroatoms. The van der Waals surface area contributed by atoms with Gasteiger partial charge in [0.15, 0.2) is 0 Å². The summed E-state index contributed by atoms with van der Waals surface area (Å²) >= 11 is 0. The number of carbonyl (C=O) groups is 3. The molecule has 2 atom stereocenters. The summed E-state index contributed by atoms with van der Waals surface area (Å²) in [6.07, 6.45) is 14.6. The van der Waals surface area contributed by atoms with Gasteiger partial charge in [0.05, 0.1) is 24.0 Å². The topological polar surface area (TPSA) is 122 Å². The smallest absolute Gasteiger partial charge is 0.414 e. The summed E-state index contributed by atoms with van der Waals surface area (Å²) in [7, 11) is 0. The maximum Gasteiger partial charge on any atom is 0.414 e. The van der Waals surface area contributed by atoms with Crippen LogP contribution in [0.25, 0.3) is 0 Å². The number of hydrogen-bond donors (Lipinski definition) is 2. The van der Waals surface area contributed by atoms with E-state index in [4.69, 9.17) is 14.5 Å². The van der Waals surface area contributed by atoms with Crippen LogP contribution in [0.3, 0.4) is 0 Å². The fourth-order valence-corrected chi connectivity index (χ4v) is 6.12. The fraction of sp³-hybridized carbons (Fsp3) is 0.618. The summed E-state index contributed by atoms with van der Waals surface area (Å²) < 4.78 is 11.4. The van der Waals surface area contributed by atoms with Crippen LogP contribution in [-0.2, 0) is 19.1 Å².